The van der Waals surface area contributed by atoms with Gasteiger partial charge in [0.1, 0.15) is 17.3 Å². The van der Waals surface area contributed by atoms with E-state index in [9.17, 15) is 9.18 Å². The molecule has 25 heavy (non-hydrogen) atoms. The second-order valence-electron chi connectivity index (χ2n) is 6.00. The number of hydrogen-bond acceptors (Lipinski definition) is 2. The SMILES string of the molecule is CCCCOc1cc(F)cc2c1cc(C(N)=O)n2Cc1ccccc1. The van der Waals surface area contributed by atoms with Crippen LogP contribution in [0.25, 0.3) is 10.9 Å². The molecule has 0 atom stereocenters. The van der Waals surface area contributed by atoms with Gasteiger partial charge in [0.2, 0.25) is 0 Å². The van der Waals surface area contributed by atoms with Gasteiger partial charge in [-0.1, -0.05) is 43.7 Å². The summed E-state index contributed by atoms with van der Waals surface area (Å²) in [6, 6.07) is 14.1. The smallest absolute Gasteiger partial charge is 0.265 e. The third-order valence-corrected chi connectivity index (χ3v) is 4.14. The summed E-state index contributed by atoms with van der Waals surface area (Å²) >= 11 is 0. The third kappa shape index (κ3) is 3.65. The Kier molecular flexibility index (Phi) is 5.03. The number of benzene rings is 2. The number of aromatic nitrogens is 1. The first-order valence-electron chi connectivity index (χ1n) is 8.39. The molecule has 0 aliphatic rings. The number of carbonyl (C=O) groups is 1. The second kappa shape index (κ2) is 7.38. The van der Waals surface area contributed by atoms with E-state index >= 15 is 0 Å². The number of ether oxygens (including phenoxy) is 1. The van der Waals surface area contributed by atoms with Crippen molar-refractivity contribution in [1.29, 1.82) is 0 Å². The fourth-order valence-corrected chi connectivity index (χ4v) is 2.88. The lowest BCUT2D eigenvalue weighted by Crippen LogP contribution is -2.17. The van der Waals surface area contributed by atoms with E-state index in [0.717, 1.165) is 18.4 Å². The maximum atomic E-state index is 14.1. The van der Waals surface area contributed by atoms with Crippen LogP contribution in [0.1, 0.15) is 35.8 Å². The number of primary amides is 1. The van der Waals surface area contributed by atoms with E-state index in [1.54, 1.807) is 10.6 Å². The topological polar surface area (TPSA) is 57.2 Å². The second-order valence-corrected chi connectivity index (χ2v) is 6.00. The Hall–Kier alpha value is -2.82. The van der Waals surface area contributed by atoms with Crippen molar-refractivity contribution in [2.24, 2.45) is 5.73 Å². The number of fused-ring (bicyclic) bond motifs is 1. The number of unbranched alkanes of at least 4 members (excludes halogenated alkanes) is 1. The van der Waals surface area contributed by atoms with Gasteiger partial charge in [0, 0.05) is 18.0 Å². The van der Waals surface area contributed by atoms with Crippen LogP contribution in [-0.4, -0.2) is 17.1 Å². The summed E-state index contributed by atoms with van der Waals surface area (Å²) in [6.07, 6.45) is 1.87. The van der Waals surface area contributed by atoms with Crippen molar-refractivity contribution in [2.75, 3.05) is 6.61 Å². The molecular formula is C20H21FN2O2. The van der Waals surface area contributed by atoms with E-state index in [1.807, 2.05) is 30.3 Å². The monoisotopic (exact) mass is 340 g/mol. The van der Waals surface area contributed by atoms with Gasteiger partial charge in [-0.05, 0) is 24.1 Å². The van der Waals surface area contributed by atoms with Gasteiger partial charge < -0.3 is 15.0 Å². The highest BCUT2D eigenvalue weighted by molar-refractivity contribution is 5.99. The molecule has 0 spiro atoms. The van der Waals surface area contributed by atoms with Crippen molar-refractivity contribution in [1.82, 2.24) is 4.57 Å². The molecule has 1 amide bonds. The van der Waals surface area contributed by atoms with Crippen LogP contribution in [0.5, 0.6) is 5.75 Å². The molecule has 0 fully saturated rings. The Morgan fingerprint density at radius 1 is 1.20 bits per heavy atom. The predicted octanol–water partition coefficient (Wildman–Crippen LogP) is 4.11. The summed E-state index contributed by atoms with van der Waals surface area (Å²) in [6.45, 7) is 3.00. The molecule has 0 bridgehead atoms. The van der Waals surface area contributed by atoms with Crippen LogP contribution in [-0.2, 0) is 6.54 Å². The summed E-state index contributed by atoms with van der Waals surface area (Å²) in [4.78, 5) is 11.9. The molecule has 2 aromatic carbocycles. The van der Waals surface area contributed by atoms with Crippen molar-refractivity contribution < 1.29 is 13.9 Å². The zero-order valence-electron chi connectivity index (χ0n) is 14.2. The average Bonchev–Trinajstić information content (AvgIpc) is 2.95. The first kappa shape index (κ1) is 17.0. The molecule has 3 aromatic rings. The molecule has 0 radical (unpaired) electrons. The molecule has 0 saturated carbocycles. The summed E-state index contributed by atoms with van der Waals surface area (Å²) in [5.74, 6) is -0.507. The lowest BCUT2D eigenvalue weighted by Gasteiger charge is -2.11. The van der Waals surface area contributed by atoms with E-state index in [0.29, 0.717) is 35.5 Å². The van der Waals surface area contributed by atoms with Gasteiger partial charge in [-0.15, -0.1) is 0 Å². The fourth-order valence-electron chi connectivity index (χ4n) is 2.88. The van der Waals surface area contributed by atoms with Gasteiger partial charge in [-0.25, -0.2) is 4.39 Å². The van der Waals surface area contributed by atoms with E-state index in [1.165, 1.54) is 12.1 Å². The molecule has 2 N–H and O–H groups in total. The number of carbonyl (C=O) groups excluding carboxylic acids is 1. The van der Waals surface area contributed by atoms with E-state index < -0.39 is 11.7 Å². The lowest BCUT2D eigenvalue weighted by atomic mass is 10.2. The van der Waals surface area contributed by atoms with Gasteiger partial charge in [0.25, 0.3) is 5.91 Å². The highest BCUT2D eigenvalue weighted by Crippen LogP contribution is 2.31. The molecule has 130 valence electrons. The summed E-state index contributed by atoms with van der Waals surface area (Å²) < 4.78 is 21.6. The molecule has 1 heterocycles. The maximum Gasteiger partial charge on any atom is 0.265 e. The Morgan fingerprint density at radius 3 is 2.64 bits per heavy atom. The number of hydrogen-bond donors (Lipinski definition) is 1. The zero-order valence-corrected chi connectivity index (χ0v) is 14.2. The van der Waals surface area contributed by atoms with E-state index in [4.69, 9.17) is 10.5 Å². The van der Waals surface area contributed by atoms with Crippen LogP contribution in [0.4, 0.5) is 4.39 Å². The molecular weight excluding hydrogens is 319 g/mol. The third-order valence-electron chi connectivity index (χ3n) is 4.14. The molecule has 0 unspecified atom stereocenters. The van der Waals surface area contributed by atoms with Crippen LogP contribution in [0, 0.1) is 5.82 Å². The van der Waals surface area contributed by atoms with Crippen LogP contribution in [0.2, 0.25) is 0 Å². The first-order valence-corrected chi connectivity index (χ1v) is 8.39. The number of amides is 1. The normalized spacial score (nSPS) is 11.0. The van der Waals surface area contributed by atoms with Crippen molar-refractivity contribution in [3.63, 3.8) is 0 Å². The largest absolute Gasteiger partial charge is 0.493 e. The molecule has 3 rings (SSSR count). The van der Waals surface area contributed by atoms with Crippen molar-refractivity contribution in [3.05, 3.63) is 65.6 Å². The molecule has 4 nitrogen and oxygen atoms in total. The Labute approximate surface area is 146 Å². The fraction of sp³-hybridized carbons (Fsp3) is 0.250. The van der Waals surface area contributed by atoms with Gasteiger partial charge in [0.15, 0.2) is 0 Å². The number of nitrogens with zero attached hydrogens (tertiary/aromatic N) is 1. The number of nitrogens with two attached hydrogens (primary N) is 1. The van der Waals surface area contributed by atoms with E-state index in [2.05, 4.69) is 6.92 Å². The van der Waals surface area contributed by atoms with Gasteiger partial charge in [-0.3, -0.25) is 4.79 Å². The molecule has 0 aliphatic carbocycles. The zero-order chi connectivity index (χ0) is 17.8. The number of halogens is 1. The Bertz CT molecular complexity index is 888. The summed E-state index contributed by atoms with van der Waals surface area (Å²) in [5, 5.41) is 0.697. The van der Waals surface area contributed by atoms with Crippen LogP contribution < -0.4 is 10.5 Å². The average molecular weight is 340 g/mol. The van der Waals surface area contributed by atoms with Crippen LogP contribution in [0.15, 0.2) is 48.5 Å². The predicted molar refractivity (Wildman–Crippen MR) is 96.4 cm³/mol. The summed E-state index contributed by atoms with van der Waals surface area (Å²) in [7, 11) is 0. The van der Waals surface area contributed by atoms with Crippen molar-refractivity contribution in [2.45, 2.75) is 26.3 Å². The Morgan fingerprint density at radius 2 is 1.96 bits per heavy atom. The van der Waals surface area contributed by atoms with Gasteiger partial charge in [-0.2, -0.15) is 0 Å². The highest BCUT2D eigenvalue weighted by Gasteiger charge is 2.18. The van der Waals surface area contributed by atoms with Crippen molar-refractivity contribution >= 4 is 16.8 Å². The standard InChI is InChI=1S/C20H21FN2O2/c1-2-3-9-25-19-11-15(21)10-17-16(19)12-18(20(22)24)23(17)13-14-7-5-4-6-8-14/h4-8,10-12H,2-3,9,13H2,1H3,(H2,22,24). The maximum absolute atomic E-state index is 14.1. The molecule has 0 saturated heterocycles. The first-order chi connectivity index (χ1) is 12.1. The minimum absolute atomic E-state index is 0.338. The van der Waals surface area contributed by atoms with E-state index in [-0.39, 0.29) is 0 Å². The lowest BCUT2D eigenvalue weighted by molar-refractivity contribution is 0.0992. The molecule has 0 aliphatic heterocycles. The minimum Gasteiger partial charge on any atom is -0.493 e. The number of rotatable bonds is 7. The summed E-state index contributed by atoms with van der Waals surface area (Å²) in [5.41, 5.74) is 7.49. The minimum atomic E-state index is -0.549. The van der Waals surface area contributed by atoms with Gasteiger partial charge >= 0.3 is 0 Å². The molecule has 5 heteroatoms. The van der Waals surface area contributed by atoms with Crippen LogP contribution >= 0.6 is 0 Å². The van der Waals surface area contributed by atoms with Crippen LogP contribution in [0.3, 0.4) is 0 Å². The molecule has 1 aromatic heterocycles. The quantitative estimate of drug-likeness (QED) is 0.658. The Balaban J connectivity index is 2.10. The highest BCUT2D eigenvalue weighted by atomic mass is 19.1. The van der Waals surface area contributed by atoms with Gasteiger partial charge in [0.05, 0.1) is 12.1 Å². The van der Waals surface area contributed by atoms with Crippen molar-refractivity contribution in [3.8, 4) is 5.75 Å².